The van der Waals surface area contributed by atoms with Crippen molar-refractivity contribution in [1.82, 2.24) is 5.32 Å². The van der Waals surface area contributed by atoms with Crippen molar-refractivity contribution in [2.24, 2.45) is 5.73 Å². The summed E-state index contributed by atoms with van der Waals surface area (Å²) in [4.78, 5) is 10.4. The van der Waals surface area contributed by atoms with E-state index in [1.807, 2.05) is 0 Å². The number of nitrogens with one attached hydrogen (secondary N) is 1. The Kier molecular flexibility index (Phi) is 4.78. The first-order valence-electron chi connectivity index (χ1n) is 4.88. The van der Waals surface area contributed by atoms with Gasteiger partial charge in [0.15, 0.2) is 0 Å². The molecule has 0 aliphatic carbocycles. The summed E-state index contributed by atoms with van der Waals surface area (Å²) >= 11 is 0. The Morgan fingerprint density at radius 1 is 1.62 bits per heavy atom. The van der Waals surface area contributed by atoms with Crippen LogP contribution in [0.25, 0.3) is 0 Å². The molecule has 0 saturated carbocycles. The van der Waals surface area contributed by atoms with E-state index in [4.69, 9.17) is 10.5 Å². The second-order valence-electron chi connectivity index (χ2n) is 3.44. The van der Waals surface area contributed by atoms with Gasteiger partial charge in [0.1, 0.15) is 0 Å². The van der Waals surface area contributed by atoms with E-state index in [1.165, 1.54) is 6.42 Å². The highest BCUT2D eigenvalue weighted by Gasteiger charge is 2.12. The van der Waals surface area contributed by atoms with Gasteiger partial charge in [-0.05, 0) is 25.8 Å². The smallest absolute Gasteiger partial charge is 0.217 e. The van der Waals surface area contributed by atoms with Crippen LogP contribution in [0.1, 0.15) is 25.7 Å². The fraction of sp³-hybridized carbons (Fsp3) is 0.889. The topological polar surface area (TPSA) is 64.4 Å². The number of ether oxygens (including phenoxy) is 1. The zero-order valence-electron chi connectivity index (χ0n) is 7.92. The molecule has 0 bridgehead atoms. The lowest BCUT2D eigenvalue weighted by atomic mass is 10.1. The first kappa shape index (κ1) is 10.5. The number of rotatable bonds is 5. The standard InChI is InChI=1S/C9H18N2O2/c10-9(12)4-1-5-11-8-3-2-6-13-7-8/h8,11H,1-7H2,(H2,10,12). The van der Waals surface area contributed by atoms with Gasteiger partial charge in [-0.1, -0.05) is 0 Å². The molecule has 13 heavy (non-hydrogen) atoms. The molecule has 0 spiro atoms. The summed E-state index contributed by atoms with van der Waals surface area (Å²) in [5.41, 5.74) is 5.02. The third-order valence-corrected chi connectivity index (χ3v) is 2.19. The predicted octanol–water partition coefficient (Wildman–Crippen LogP) is 0.0205. The van der Waals surface area contributed by atoms with Gasteiger partial charge in [0.05, 0.1) is 6.61 Å². The summed E-state index contributed by atoms with van der Waals surface area (Å²) in [5, 5.41) is 3.34. The molecule has 1 atom stereocenters. The molecule has 4 nitrogen and oxygen atoms in total. The van der Waals surface area contributed by atoms with E-state index in [2.05, 4.69) is 5.32 Å². The van der Waals surface area contributed by atoms with Crippen LogP contribution in [0.2, 0.25) is 0 Å². The maximum atomic E-state index is 10.4. The Bertz CT molecular complexity index is 156. The molecule has 0 radical (unpaired) electrons. The number of nitrogens with two attached hydrogens (primary N) is 1. The highest BCUT2D eigenvalue weighted by molar-refractivity contribution is 5.73. The van der Waals surface area contributed by atoms with Crippen molar-refractivity contribution in [3.8, 4) is 0 Å². The minimum absolute atomic E-state index is 0.221. The lowest BCUT2D eigenvalue weighted by Crippen LogP contribution is -2.37. The molecule has 1 unspecified atom stereocenters. The molecule has 1 fully saturated rings. The summed E-state index contributed by atoms with van der Waals surface area (Å²) < 4.78 is 5.31. The van der Waals surface area contributed by atoms with Crippen molar-refractivity contribution in [2.45, 2.75) is 31.7 Å². The number of primary amides is 1. The van der Waals surface area contributed by atoms with Crippen LogP contribution in [-0.4, -0.2) is 31.7 Å². The average Bonchev–Trinajstić information content (AvgIpc) is 2.14. The largest absolute Gasteiger partial charge is 0.380 e. The number of carbonyl (C=O) groups excluding carboxylic acids is 1. The van der Waals surface area contributed by atoms with Crippen LogP contribution in [0.3, 0.4) is 0 Å². The van der Waals surface area contributed by atoms with Crippen LogP contribution in [0.4, 0.5) is 0 Å². The summed E-state index contributed by atoms with van der Waals surface area (Å²) in [6.45, 7) is 2.55. The predicted molar refractivity (Wildman–Crippen MR) is 50.3 cm³/mol. The molecule has 3 N–H and O–H groups in total. The quantitative estimate of drug-likeness (QED) is 0.595. The Labute approximate surface area is 78.8 Å². The third-order valence-electron chi connectivity index (χ3n) is 2.19. The van der Waals surface area contributed by atoms with Crippen molar-refractivity contribution in [3.63, 3.8) is 0 Å². The van der Waals surface area contributed by atoms with Crippen LogP contribution in [0.5, 0.6) is 0 Å². The van der Waals surface area contributed by atoms with Crippen LogP contribution in [0, 0.1) is 0 Å². The van der Waals surface area contributed by atoms with Gasteiger partial charge in [-0.2, -0.15) is 0 Å². The van der Waals surface area contributed by atoms with Gasteiger partial charge in [-0.3, -0.25) is 4.79 Å². The normalized spacial score (nSPS) is 22.9. The summed E-state index contributed by atoms with van der Waals surface area (Å²) in [7, 11) is 0. The Morgan fingerprint density at radius 3 is 3.08 bits per heavy atom. The minimum Gasteiger partial charge on any atom is -0.380 e. The summed E-state index contributed by atoms with van der Waals surface area (Å²) in [5.74, 6) is -0.221. The fourth-order valence-corrected chi connectivity index (χ4v) is 1.47. The van der Waals surface area contributed by atoms with E-state index in [0.29, 0.717) is 12.5 Å². The zero-order chi connectivity index (χ0) is 9.52. The lowest BCUT2D eigenvalue weighted by molar-refractivity contribution is -0.118. The van der Waals surface area contributed by atoms with Crippen molar-refractivity contribution in [2.75, 3.05) is 19.8 Å². The second-order valence-corrected chi connectivity index (χ2v) is 3.44. The Hall–Kier alpha value is -0.610. The molecule has 0 aromatic rings. The SMILES string of the molecule is NC(=O)CCCNC1CCCOC1. The monoisotopic (exact) mass is 186 g/mol. The molecular weight excluding hydrogens is 168 g/mol. The molecule has 1 aliphatic heterocycles. The molecule has 1 saturated heterocycles. The van der Waals surface area contributed by atoms with E-state index in [9.17, 15) is 4.79 Å². The fourth-order valence-electron chi connectivity index (χ4n) is 1.47. The third kappa shape index (κ3) is 4.85. The van der Waals surface area contributed by atoms with Crippen LogP contribution in [0.15, 0.2) is 0 Å². The summed E-state index contributed by atoms with van der Waals surface area (Å²) in [6.07, 6.45) is 3.61. The maximum Gasteiger partial charge on any atom is 0.217 e. The van der Waals surface area contributed by atoms with Crippen molar-refractivity contribution >= 4 is 5.91 Å². The molecule has 1 rings (SSSR count). The van der Waals surface area contributed by atoms with Gasteiger partial charge in [-0.15, -0.1) is 0 Å². The highest BCUT2D eigenvalue weighted by Crippen LogP contribution is 2.05. The Morgan fingerprint density at radius 2 is 2.46 bits per heavy atom. The van der Waals surface area contributed by atoms with Gasteiger partial charge < -0.3 is 15.8 Å². The summed E-state index contributed by atoms with van der Waals surface area (Å²) in [6, 6.07) is 0.474. The minimum atomic E-state index is -0.221. The number of carbonyl (C=O) groups is 1. The molecule has 1 amide bonds. The van der Waals surface area contributed by atoms with Crippen LogP contribution >= 0.6 is 0 Å². The van der Waals surface area contributed by atoms with Crippen LogP contribution in [-0.2, 0) is 9.53 Å². The van der Waals surface area contributed by atoms with Gasteiger partial charge in [0.25, 0.3) is 0 Å². The number of hydrogen-bond donors (Lipinski definition) is 2. The molecule has 1 heterocycles. The molecule has 0 aromatic heterocycles. The second kappa shape index (κ2) is 5.94. The zero-order valence-corrected chi connectivity index (χ0v) is 7.92. The molecule has 0 aromatic carbocycles. The molecule has 76 valence electrons. The molecular formula is C9H18N2O2. The Balaban J connectivity index is 1.95. The number of amides is 1. The van der Waals surface area contributed by atoms with E-state index in [1.54, 1.807) is 0 Å². The average molecular weight is 186 g/mol. The first-order valence-corrected chi connectivity index (χ1v) is 4.88. The lowest BCUT2D eigenvalue weighted by Gasteiger charge is -2.22. The van der Waals surface area contributed by atoms with Gasteiger partial charge in [0.2, 0.25) is 5.91 Å². The van der Waals surface area contributed by atoms with Gasteiger partial charge in [-0.25, -0.2) is 0 Å². The maximum absolute atomic E-state index is 10.4. The van der Waals surface area contributed by atoms with Crippen molar-refractivity contribution in [1.29, 1.82) is 0 Å². The number of hydrogen-bond acceptors (Lipinski definition) is 3. The molecule has 4 heteroatoms. The first-order chi connectivity index (χ1) is 6.29. The van der Waals surface area contributed by atoms with Crippen LogP contribution < -0.4 is 11.1 Å². The van der Waals surface area contributed by atoms with Gasteiger partial charge >= 0.3 is 0 Å². The van der Waals surface area contributed by atoms with Gasteiger partial charge in [0, 0.05) is 19.1 Å². The van der Waals surface area contributed by atoms with E-state index < -0.39 is 0 Å². The van der Waals surface area contributed by atoms with Crippen molar-refractivity contribution in [3.05, 3.63) is 0 Å². The molecule has 1 aliphatic rings. The highest BCUT2D eigenvalue weighted by atomic mass is 16.5. The van der Waals surface area contributed by atoms with E-state index in [0.717, 1.165) is 32.6 Å². The van der Waals surface area contributed by atoms with E-state index >= 15 is 0 Å². The van der Waals surface area contributed by atoms with Crippen molar-refractivity contribution < 1.29 is 9.53 Å². The van der Waals surface area contributed by atoms with E-state index in [-0.39, 0.29) is 5.91 Å².